The van der Waals surface area contributed by atoms with E-state index in [2.05, 4.69) is 25.2 Å². The van der Waals surface area contributed by atoms with Gasteiger partial charge in [0, 0.05) is 30.2 Å². The summed E-state index contributed by atoms with van der Waals surface area (Å²) in [5.74, 6) is 2.64. The Labute approximate surface area is 186 Å². The molecule has 10 heteroatoms. The van der Waals surface area contributed by atoms with E-state index in [0.29, 0.717) is 30.0 Å². The minimum Gasteiger partial charge on any atom is -0.365 e. The highest BCUT2D eigenvalue weighted by atomic mass is 32.2. The summed E-state index contributed by atoms with van der Waals surface area (Å²) in [4.78, 5) is 11.2. The zero-order valence-electron chi connectivity index (χ0n) is 18.7. The van der Waals surface area contributed by atoms with Crippen molar-refractivity contribution < 1.29 is 18.2 Å². The third-order valence-electron chi connectivity index (χ3n) is 6.23. The van der Waals surface area contributed by atoms with Gasteiger partial charge in [0.05, 0.1) is 6.10 Å². The number of halogens is 1. The molecule has 2 aromatic heterocycles. The molecule has 0 amide bonds. The molecule has 2 unspecified atom stereocenters. The number of hydrogen-bond acceptors (Lipinski definition) is 9. The monoisotopic (exact) mass is 453 g/mol. The predicted molar refractivity (Wildman–Crippen MR) is 116 cm³/mol. The van der Waals surface area contributed by atoms with Crippen molar-refractivity contribution in [3.63, 3.8) is 0 Å². The molecule has 0 aromatic carbocycles. The van der Waals surface area contributed by atoms with E-state index in [-0.39, 0.29) is 29.3 Å². The summed E-state index contributed by atoms with van der Waals surface area (Å²) in [5.41, 5.74) is 0. The van der Waals surface area contributed by atoms with Gasteiger partial charge in [0.1, 0.15) is 12.3 Å². The summed E-state index contributed by atoms with van der Waals surface area (Å²) in [6, 6.07) is 0. The van der Waals surface area contributed by atoms with Crippen LogP contribution in [0.25, 0.3) is 0 Å². The molecule has 4 atom stereocenters. The van der Waals surface area contributed by atoms with Gasteiger partial charge in [-0.3, -0.25) is 0 Å². The first kappa shape index (κ1) is 22.5. The Balaban J connectivity index is 1.27. The van der Waals surface area contributed by atoms with Crippen LogP contribution in [0.5, 0.6) is 0 Å². The van der Waals surface area contributed by atoms with Crippen LogP contribution in [0.15, 0.2) is 9.05 Å². The van der Waals surface area contributed by atoms with Crippen LogP contribution in [-0.2, 0) is 4.74 Å². The van der Waals surface area contributed by atoms with E-state index in [0.717, 1.165) is 38.8 Å². The second kappa shape index (κ2) is 9.85. The summed E-state index contributed by atoms with van der Waals surface area (Å²) in [7, 11) is 0. The van der Waals surface area contributed by atoms with Crippen LogP contribution in [0.1, 0.15) is 88.4 Å². The van der Waals surface area contributed by atoms with E-state index in [1.54, 1.807) is 11.8 Å². The van der Waals surface area contributed by atoms with Gasteiger partial charge in [-0.15, -0.1) is 0 Å². The van der Waals surface area contributed by atoms with Crippen molar-refractivity contribution in [3.05, 3.63) is 17.6 Å². The summed E-state index contributed by atoms with van der Waals surface area (Å²) >= 11 is 1.61. The van der Waals surface area contributed by atoms with Crippen LogP contribution in [0, 0.1) is 0 Å². The highest BCUT2D eigenvalue weighted by molar-refractivity contribution is 7.99. The van der Waals surface area contributed by atoms with E-state index in [1.165, 1.54) is 0 Å². The molecule has 172 valence electrons. The predicted octanol–water partition coefficient (Wildman–Crippen LogP) is 4.66. The maximum atomic E-state index is 14.3. The number of anilines is 1. The lowest BCUT2D eigenvalue weighted by molar-refractivity contribution is -0.0300. The molecule has 0 spiro atoms. The van der Waals surface area contributed by atoms with E-state index < -0.39 is 6.17 Å². The van der Waals surface area contributed by atoms with Crippen LogP contribution in [0.4, 0.5) is 10.3 Å². The highest BCUT2D eigenvalue weighted by Gasteiger charge is 2.34. The lowest BCUT2D eigenvalue weighted by atomic mass is 9.87. The first-order valence-electron chi connectivity index (χ1n) is 11.2. The van der Waals surface area contributed by atoms with Crippen LogP contribution in [-0.4, -0.2) is 57.2 Å². The molecular formula is C21H32FN5O3S. The molecule has 2 fully saturated rings. The van der Waals surface area contributed by atoms with Gasteiger partial charge >= 0.3 is 0 Å². The maximum Gasteiger partial charge on any atom is 0.266 e. The normalized spacial score (nSPS) is 26.5. The van der Waals surface area contributed by atoms with Gasteiger partial charge in [0.25, 0.3) is 11.8 Å². The van der Waals surface area contributed by atoms with Gasteiger partial charge in [-0.1, -0.05) is 19.0 Å². The van der Waals surface area contributed by atoms with Crippen molar-refractivity contribution in [1.29, 1.82) is 0 Å². The van der Waals surface area contributed by atoms with Crippen molar-refractivity contribution in [2.75, 3.05) is 24.2 Å². The first-order chi connectivity index (χ1) is 14.9. The molecule has 2 aliphatic rings. The molecule has 1 aliphatic heterocycles. The molecule has 1 saturated heterocycles. The number of nitrogens with zero attached hydrogens (tertiary/aromatic N) is 5. The number of alkyl halides is 1. The molecular weight excluding hydrogens is 421 g/mol. The van der Waals surface area contributed by atoms with E-state index >= 15 is 0 Å². The topological polar surface area (TPSA) is 90.3 Å². The number of ether oxygens (including phenoxy) is 1. The average Bonchev–Trinajstić information content (AvgIpc) is 3.45. The number of hydrogen-bond donors (Lipinski definition) is 0. The Bertz CT molecular complexity index is 839. The molecule has 1 saturated carbocycles. The minimum atomic E-state index is -0.814. The van der Waals surface area contributed by atoms with Gasteiger partial charge in [0.2, 0.25) is 5.89 Å². The number of piperidine rings is 1. The lowest BCUT2D eigenvalue weighted by Gasteiger charge is -2.31. The first-order valence-corrected chi connectivity index (χ1v) is 12.5. The maximum absolute atomic E-state index is 14.3. The second-order valence-corrected chi connectivity index (χ2v) is 9.92. The molecule has 31 heavy (non-hydrogen) atoms. The van der Waals surface area contributed by atoms with Crippen molar-refractivity contribution in [1.82, 2.24) is 20.3 Å². The Hall–Kier alpha value is -1.68. The van der Waals surface area contributed by atoms with Gasteiger partial charge in [-0.2, -0.15) is 21.7 Å². The van der Waals surface area contributed by atoms with Crippen molar-refractivity contribution in [3.8, 4) is 0 Å². The van der Waals surface area contributed by atoms with E-state index in [9.17, 15) is 4.39 Å². The molecule has 4 rings (SSSR count). The fourth-order valence-electron chi connectivity index (χ4n) is 4.29. The molecule has 0 N–H and O–H groups in total. The molecule has 0 radical (unpaired) electrons. The fourth-order valence-corrected chi connectivity index (χ4v) is 5.07. The van der Waals surface area contributed by atoms with Gasteiger partial charge < -0.3 is 18.7 Å². The Morgan fingerprint density at radius 2 is 1.77 bits per heavy atom. The number of rotatable bonds is 7. The summed E-state index contributed by atoms with van der Waals surface area (Å²) in [5, 5.41) is 8.31. The molecule has 3 heterocycles. The third kappa shape index (κ3) is 5.22. The average molecular weight is 454 g/mol. The van der Waals surface area contributed by atoms with Crippen molar-refractivity contribution in [2.24, 2.45) is 0 Å². The van der Waals surface area contributed by atoms with Crippen LogP contribution in [0.3, 0.4) is 0 Å². The lowest BCUT2D eigenvalue weighted by Crippen LogP contribution is -2.38. The summed E-state index contributed by atoms with van der Waals surface area (Å²) in [6.45, 7) is 7.61. The van der Waals surface area contributed by atoms with Crippen molar-refractivity contribution >= 4 is 17.7 Å². The molecule has 1 aliphatic carbocycles. The summed E-state index contributed by atoms with van der Waals surface area (Å²) < 4.78 is 31.3. The van der Waals surface area contributed by atoms with Gasteiger partial charge in [-0.05, 0) is 50.4 Å². The summed E-state index contributed by atoms with van der Waals surface area (Å²) in [6.07, 6.45) is 4.90. The fraction of sp³-hybridized carbons (Fsp3) is 0.810. The Morgan fingerprint density at radius 3 is 2.42 bits per heavy atom. The second-order valence-electron chi connectivity index (χ2n) is 8.84. The smallest absolute Gasteiger partial charge is 0.266 e. The Morgan fingerprint density at radius 1 is 1.03 bits per heavy atom. The third-order valence-corrected chi connectivity index (χ3v) is 7.37. The zero-order chi connectivity index (χ0) is 22.0. The quantitative estimate of drug-likeness (QED) is 0.593. The molecule has 8 nitrogen and oxygen atoms in total. The Kier molecular flexibility index (Phi) is 7.15. The van der Waals surface area contributed by atoms with Crippen molar-refractivity contribution in [2.45, 2.75) is 88.3 Å². The van der Waals surface area contributed by atoms with E-state index in [4.69, 9.17) is 13.8 Å². The largest absolute Gasteiger partial charge is 0.365 e. The molecule has 0 bridgehead atoms. The minimum absolute atomic E-state index is 0.0250. The van der Waals surface area contributed by atoms with Crippen LogP contribution >= 0.6 is 11.8 Å². The molecule has 2 aromatic rings. The SMILES string of the molecule is CSC1CCC(c2noc([C@@H](C)OC3CCN(c4noc(C(C)C)n4)CC3)n2)C[C@H]1F. The van der Waals surface area contributed by atoms with Gasteiger partial charge in [-0.25, -0.2) is 4.39 Å². The highest BCUT2D eigenvalue weighted by Crippen LogP contribution is 2.38. The van der Waals surface area contributed by atoms with Crippen LogP contribution < -0.4 is 4.90 Å². The zero-order valence-corrected chi connectivity index (χ0v) is 19.5. The van der Waals surface area contributed by atoms with Gasteiger partial charge in [0.15, 0.2) is 5.82 Å². The number of thioether (sulfide) groups is 1. The van der Waals surface area contributed by atoms with Crippen LogP contribution in [0.2, 0.25) is 0 Å². The number of aromatic nitrogens is 4. The van der Waals surface area contributed by atoms with E-state index in [1.807, 2.05) is 27.0 Å². The standard InChI is InChI=1S/C21H32FN5O3S/c1-12(2)19-24-21(26-29-19)27-9-7-15(8-10-27)28-13(3)20-23-18(25-30-20)14-5-6-17(31-4)16(22)11-14/h12-17H,5-11H2,1-4H3/t13-,14?,16-,17?/m1/s1.